The summed E-state index contributed by atoms with van der Waals surface area (Å²) in [5, 5.41) is 12.4. The fraction of sp³-hybridized carbons (Fsp3) is 0.154. The first-order chi connectivity index (χ1) is 9.50. The van der Waals surface area contributed by atoms with Gasteiger partial charge in [0, 0.05) is 25.7 Å². The number of hydrogen-bond acceptors (Lipinski definition) is 4. The van der Waals surface area contributed by atoms with Crippen LogP contribution in [0.5, 0.6) is 0 Å². The molecule has 20 heavy (non-hydrogen) atoms. The van der Waals surface area contributed by atoms with Crippen molar-refractivity contribution in [3.8, 4) is 11.3 Å². The molecule has 2 aromatic heterocycles. The number of benzene rings is 1. The summed E-state index contributed by atoms with van der Waals surface area (Å²) < 4.78 is 8.08. The van der Waals surface area contributed by atoms with E-state index in [0.717, 1.165) is 5.52 Å². The minimum atomic E-state index is -1.16. The molecule has 2 heterocycles. The van der Waals surface area contributed by atoms with E-state index >= 15 is 0 Å². The van der Waals surface area contributed by atoms with Crippen molar-refractivity contribution >= 4 is 17.0 Å². The van der Waals surface area contributed by atoms with Gasteiger partial charge in [0.2, 0.25) is 0 Å². The number of nitrogens with zero attached hydrogens (tertiary/aromatic N) is 3. The largest absolute Gasteiger partial charge is 0.476 e. The lowest BCUT2D eigenvalue weighted by atomic mass is 10.1. The van der Waals surface area contributed by atoms with E-state index in [1.807, 2.05) is 6.07 Å². The summed E-state index contributed by atoms with van der Waals surface area (Å²) in [4.78, 5) is 22.8. The van der Waals surface area contributed by atoms with Gasteiger partial charge in [0.05, 0.1) is 11.0 Å². The maximum absolute atomic E-state index is 12.0. The number of aromatic nitrogens is 3. The standard InChI is InChI=1S/C13H11N3O4/c1-15-9-5-3-4-7(11(9)16(2)13(15)19)10-6-8(12(17)18)14-20-10/h3-6H,1-2H3,(H,17,18). The Morgan fingerprint density at radius 2 is 2.05 bits per heavy atom. The van der Waals surface area contributed by atoms with Crippen LogP contribution in [-0.2, 0) is 14.1 Å². The molecule has 0 saturated heterocycles. The maximum atomic E-state index is 12.0. The smallest absolute Gasteiger partial charge is 0.358 e. The van der Waals surface area contributed by atoms with Crippen molar-refractivity contribution < 1.29 is 14.4 Å². The molecule has 0 saturated carbocycles. The molecule has 102 valence electrons. The van der Waals surface area contributed by atoms with Gasteiger partial charge < -0.3 is 9.63 Å². The summed E-state index contributed by atoms with van der Waals surface area (Å²) in [7, 11) is 3.33. The molecule has 3 aromatic rings. The van der Waals surface area contributed by atoms with Crippen molar-refractivity contribution in [2.45, 2.75) is 0 Å². The molecule has 0 aliphatic heterocycles. The molecule has 0 amide bonds. The lowest BCUT2D eigenvalue weighted by molar-refractivity contribution is 0.0686. The third-order valence-electron chi connectivity index (χ3n) is 3.28. The van der Waals surface area contributed by atoms with Gasteiger partial charge in [0.25, 0.3) is 0 Å². The normalized spacial score (nSPS) is 11.1. The summed E-state index contributed by atoms with van der Waals surface area (Å²) in [6, 6.07) is 6.69. The van der Waals surface area contributed by atoms with Crippen molar-refractivity contribution in [1.29, 1.82) is 0 Å². The lowest BCUT2D eigenvalue weighted by Crippen LogP contribution is -2.19. The molecule has 0 aliphatic rings. The molecule has 1 aromatic carbocycles. The maximum Gasteiger partial charge on any atom is 0.358 e. The van der Waals surface area contributed by atoms with Crippen LogP contribution in [0.1, 0.15) is 10.5 Å². The highest BCUT2D eigenvalue weighted by atomic mass is 16.5. The Balaban J connectivity index is 2.33. The van der Waals surface area contributed by atoms with Crippen molar-refractivity contribution in [3.05, 3.63) is 40.4 Å². The summed E-state index contributed by atoms with van der Waals surface area (Å²) in [6.07, 6.45) is 0. The van der Waals surface area contributed by atoms with Crippen LogP contribution in [0, 0.1) is 0 Å². The summed E-state index contributed by atoms with van der Waals surface area (Å²) in [5.41, 5.74) is 1.71. The fourth-order valence-electron chi connectivity index (χ4n) is 2.28. The van der Waals surface area contributed by atoms with Crippen molar-refractivity contribution in [1.82, 2.24) is 14.3 Å². The van der Waals surface area contributed by atoms with Gasteiger partial charge in [0.15, 0.2) is 11.5 Å². The predicted molar refractivity (Wildman–Crippen MR) is 70.6 cm³/mol. The fourth-order valence-corrected chi connectivity index (χ4v) is 2.28. The zero-order valence-corrected chi connectivity index (χ0v) is 10.8. The highest BCUT2D eigenvalue weighted by Gasteiger charge is 2.17. The summed E-state index contributed by atoms with van der Waals surface area (Å²) >= 11 is 0. The van der Waals surface area contributed by atoms with E-state index in [0.29, 0.717) is 16.8 Å². The summed E-state index contributed by atoms with van der Waals surface area (Å²) in [6.45, 7) is 0. The molecule has 1 N–H and O–H groups in total. The first-order valence-electron chi connectivity index (χ1n) is 5.85. The highest BCUT2D eigenvalue weighted by Crippen LogP contribution is 2.28. The molecule has 7 heteroatoms. The second-order valence-electron chi connectivity index (χ2n) is 4.46. The molecule has 7 nitrogen and oxygen atoms in total. The van der Waals surface area contributed by atoms with Gasteiger partial charge in [-0.15, -0.1) is 0 Å². The van der Waals surface area contributed by atoms with Crippen LogP contribution >= 0.6 is 0 Å². The number of para-hydroxylation sites is 1. The van der Waals surface area contributed by atoms with E-state index in [4.69, 9.17) is 9.63 Å². The number of aryl methyl sites for hydroxylation is 2. The second-order valence-corrected chi connectivity index (χ2v) is 4.46. The Bertz CT molecular complexity index is 885. The number of carboxylic acids is 1. The molecule has 0 bridgehead atoms. The van der Waals surface area contributed by atoms with Crippen molar-refractivity contribution in [2.75, 3.05) is 0 Å². The molecule has 0 radical (unpaired) electrons. The predicted octanol–water partition coefficient (Wildman–Crippen LogP) is 1.23. The van der Waals surface area contributed by atoms with Crippen LogP contribution in [-0.4, -0.2) is 25.4 Å². The second kappa shape index (κ2) is 4.09. The van der Waals surface area contributed by atoms with Crippen LogP contribution in [0.25, 0.3) is 22.4 Å². The van der Waals surface area contributed by atoms with E-state index in [2.05, 4.69) is 5.16 Å². The van der Waals surface area contributed by atoms with Crippen molar-refractivity contribution in [3.63, 3.8) is 0 Å². The quantitative estimate of drug-likeness (QED) is 0.758. The van der Waals surface area contributed by atoms with Crippen LogP contribution in [0.2, 0.25) is 0 Å². The van der Waals surface area contributed by atoms with Crippen molar-refractivity contribution in [2.24, 2.45) is 14.1 Å². The summed E-state index contributed by atoms with van der Waals surface area (Å²) in [5.74, 6) is -0.844. The average Bonchev–Trinajstić information content (AvgIpc) is 3.00. The Labute approximate surface area is 112 Å². The van der Waals surface area contributed by atoms with E-state index in [1.165, 1.54) is 15.2 Å². The monoisotopic (exact) mass is 273 g/mol. The number of carboxylic acid groups (broad SMARTS) is 1. The van der Waals surface area contributed by atoms with E-state index < -0.39 is 5.97 Å². The molecule has 0 spiro atoms. The average molecular weight is 273 g/mol. The SMILES string of the molecule is Cn1c(=O)n(C)c2c(-c3cc(C(=O)O)no3)cccc21. The van der Waals surface area contributed by atoms with E-state index in [-0.39, 0.29) is 11.4 Å². The zero-order chi connectivity index (χ0) is 14.4. The molecular weight excluding hydrogens is 262 g/mol. The van der Waals surface area contributed by atoms with Gasteiger partial charge in [-0.1, -0.05) is 11.2 Å². The Hall–Kier alpha value is -2.83. The van der Waals surface area contributed by atoms with Gasteiger partial charge in [-0.05, 0) is 12.1 Å². The number of aromatic carboxylic acids is 1. The third kappa shape index (κ3) is 1.56. The lowest BCUT2D eigenvalue weighted by Gasteiger charge is -2.00. The molecule has 0 aliphatic carbocycles. The zero-order valence-electron chi connectivity index (χ0n) is 10.8. The number of fused-ring (bicyclic) bond motifs is 1. The van der Waals surface area contributed by atoms with Crippen LogP contribution < -0.4 is 5.69 Å². The minimum absolute atomic E-state index is 0.162. The number of rotatable bonds is 2. The van der Waals surface area contributed by atoms with E-state index in [9.17, 15) is 9.59 Å². The molecule has 3 rings (SSSR count). The number of carbonyl (C=O) groups is 1. The van der Waals surface area contributed by atoms with Gasteiger partial charge >= 0.3 is 11.7 Å². The third-order valence-corrected chi connectivity index (χ3v) is 3.28. The first kappa shape index (κ1) is 12.2. The molecule has 0 atom stereocenters. The minimum Gasteiger partial charge on any atom is -0.476 e. The van der Waals surface area contributed by atoms with E-state index in [1.54, 1.807) is 26.2 Å². The Morgan fingerprint density at radius 3 is 2.70 bits per heavy atom. The van der Waals surface area contributed by atoms with Crippen LogP contribution in [0.4, 0.5) is 0 Å². The highest BCUT2D eigenvalue weighted by molar-refractivity contribution is 5.93. The Kier molecular flexibility index (Phi) is 2.50. The van der Waals surface area contributed by atoms with Gasteiger partial charge in [-0.3, -0.25) is 9.13 Å². The van der Waals surface area contributed by atoms with Crippen LogP contribution in [0.3, 0.4) is 0 Å². The number of imidazole rings is 1. The van der Waals surface area contributed by atoms with Gasteiger partial charge in [-0.25, -0.2) is 9.59 Å². The van der Waals surface area contributed by atoms with Gasteiger partial charge in [-0.2, -0.15) is 0 Å². The number of hydrogen-bond donors (Lipinski definition) is 1. The first-order valence-corrected chi connectivity index (χ1v) is 5.85. The topological polar surface area (TPSA) is 90.3 Å². The van der Waals surface area contributed by atoms with Crippen LogP contribution in [0.15, 0.2) is 33.6 Å². The molecule has 0 unspecified atom stereocenters. The van der Waals surface area contributed by atoms with Gasteiger partial charge in [0.1, 0.15) is 0 Å². The molecule has 0 fully saturated rings. The molecular formula is C13H11N3O4. The Morgan fingerprint density at radius 1 is 1.30 bits per heavy atom.